The van der Waals surface area contributed by atoms with Crippen LogP contribution >= 0.6 is 23.2 Å². The number of hydrogen-bond acceptors (Lipinski definition) is 1. The van der Waals surface area contributed by atoms with Crippen LogP contribution in [0.15, 0.2) is 66.7 Å². The van der Waals surface area contributed by atoms with Gasteiger partial charge in [-0.25, -0.2) is 0 Å². The number of amides is 1. The van der Waals surface area contributed by atoms with E-state index in [0.717, 1.165) is 23.1 Å². The molecule has 0 atom stereocenters. The molecule has 0 aliphatic rings. The molecule has 0 fully saturated rings. The second-order valence-corrected chi connectivity index (χ2v) is 7.27. The number of carbonyl (C=O) groups is 1. The highest BCUT2D eigenvalue weighted by molar-refractivity contribution is 6.36. The molecule has 3 aromatic rings. The Morgan fingerprint density at radius 3 is 2.41 bits per heavy atom. The quantitative estimate of drug-likeness (QED) is 0.553. The normalized spacial score (nSPS) is 10.6. The van der Waals surface area contributed by atoms with E-state index in [4.69, 9.17) is 23.2 Å². The van der Waals surface area contributed by atoms with Crippen LogP contribution in [0.1, 0.15) is 32.6 Å². The highest BCUT2D eigenvalue weighted by Crippen LogP contribution is 2.30. The Hall–Kier alpha value is -2.29. The van der Waals surface area contributed by atoms with Gasteiger partial charge in [-0.15, -0.1) is 0 Å². The van der Waals surface area contributed by atoms with Crippen molar-refractivity contribution in [1.29, 1.82) is 0 Å². The van der Waals surface area contributed by atoms with E-state index < -0.39 is 0 Å². The molecule has 1 amide bonds. The molecule has 0 aromatic heterocycles. The van der Waals surface area contributed by atoms with Gasteiger partial charge in [0.25, 0.3) is 5.91 Å². The van der Waals surface area contributed by atoms with Gasteiger partial charge in [-0.1, -0.05) is 77.8 Å². The van der Waals surface area contributed by atoms with Crippen molar-refractivity contribution < 1.29 is 4.79 Å². The van der Waals surface area contributed by atoms with Crippen LogP contribution < -0.4 is 5.32 Å². The van der Waals surface area contributed by atoms with E-state index in [0.29, 0.717) is 28.6 Å². The number of hydrogen-bond donors (Lipinski definition) is 1. The van der Waals surface area contributed by atoms with Crippen molar-refractivity contribution in [2.75, 3.05) is 6.54 Å². The van der Waals surface area contributed by atoms with E-state index in [9.17, 15) is 4.79 Å². The van der Waals surface area contributed by atoms with Crippen LogP contribution in [-0.2, 0) is 12.8 Å². The fourth-order valence-electron chi connectivity index (χ4n) is 3.02. The number of rotatable bonds is 6. The van der Waals surface area contributed by atoms with Crippen LogP contribution in [0.2, 0.25) is 10.0 Å². The van der Waals surface area contributed by atoms with Crippen LogP contribution in [0.5, 0.6) is 0 Å². The molecule has 2 nitrogen and oxygen atoms in total. The second-order valence-electron chi connectivity index (χ2n) is 6.48. The highest BCUT2D eigenvalue weighted by Gasteiger charge is 2.15. The zero-order chi connectivity index (χ0) is 19.2. The Balaban J connectivity index is 1.74. The van der Waals surface area contributed by atoms with Gasteiger partial charge in [0.05, 0.1) is 0 Å². The average Bonchev–Trinajstić information content (AvgIpc) is 2.69. The number of nitrogens with one attached hydrogen (secondary N) is 1. The molecule has 3 aromatic carbocycles. The maximum Gasteiger partial charge on any atom is 0.251 e. The van der Waals surface area contributed by atoms with Gasteiger partial charge < -0.3 is 5.32 Å². The fraction of sp³-hybridized carbons (Fsp3) is 0.174. The molecule has 0 heterocycles. The summed E-state index contributed by atoms with van der Waals surface area (Å²) in [6, 6.07) is 21.4. The van der Waals surface area contributed by atoms with E-state index in [1.165, 1.54) is 5.56 Å². The van der Waals surface area contributed by atoms with E-state index in [1.54, 1.807) is 0 Å². The first-order chi connectivity index (χ1) is 13.1. The third kappa shape index (κ3) is 4.91. The van der Waals surface area contributed by atoms with Gasteiger partial charge in [-0.2, -0.15) is 0 Å². The lowest BCUT2D eigenvalue weighted by Gasteiger charge is -2.13. The number of aryl methyl sites for hydroxylation is 1. The van der Waals surface area contributed by atoms with Crippen LogP contribution in [0.25, 0.3) is 0 Å². The average molecular weight is 398 g/mol. The number of benzene rings is 3. The summed E-state index contributed by atoms with van der Waals surface area (Å²) in [4.78, 5) is 12.7. The van der Waals surface area contributed by atoms with Gasteiger partial charge in [0.15, 0.2) is 0 Å². The van der Waals surface area contributed by atoms with E-state index in [2.05, 4.69) is 17.4 Å². The molecule has 1 N–H and O–H groups in total. The summed E-state index contributed by atoms with van der Waals surface area (Å²) >= 11 is 12.8. The van der Waals surface area contributed by atoms with Crippen LogP contribution in [-0.4, -0.2) is 12.5 Å². The Morgan fingerprint density at radius 2 is 1.63 bits per heavy atom. The van der Waals surface area contributed by atoms with Crippen molar-refractivity contribution in [2.45, 2.75) is 19.8 Å². The smallest absolute Gasteiger partial charge is 0.251 e. The van der Waals surface area contributed by atoms with Crippen molar-refractivity contribution in [2.24, 2.45) is 0 Å². The second kappa shape index (κ2) is 9.07. The van der Waals surface area contributed by atoms with E-state index in [1.807, 2.05) is 61.5 Å². The van der Waals surface area contributed by atoms with Gasteiger partial charge in [-0.3, -0.25) is 4.79 Å². The maximum absolute atomic E-state index is 12.7. The maximum atomic E-state index is 12.7. The molecule has 0 saturated heterocycles. The molecular formula is C23H21Cl2NO. The zero-order valence-electron chi connectivity index (χ0n) is 15.1. The summed E-state index contributed by atoms with van der Waals surface area (Å²) in [5, 5.41) is 4.28. The lowest BCUT2D eigenvalue weighted by atomic mass is 9.98. The number of halogens is 2. The molecule has 0 spiro atoms. The van der Waals surface area contributed by atoms with Crippen molar-refractivity contribution in [3.05, 3.63) is 105 Å². The minimum atomic E-state index is -0.0820. The van der Waals surface area contributed by atoms with Gasteiger partial charge >= 0.3 is 0 Å². The van der Waals surface area contributed by atoms with Gasteiger partial charge in [-0.05, 0) is 47.7 Å². The molecule has 138 valence electrons. The predicted octanol–water partition coefficient (Wildman–Crippen LogP) is 5.87. The molecular weight excluding hydrogens is 377 g/mol. The Morgan fingerprint density at radius 1 is 0.926 bits per heavy atom. The Labute approximate surface area is 170 Å². The first-order valence-electron chi connectivity index (χ1n) is 8.90. The van der Waals surface area contributed by atoms with Gasteiger partial charge in [0.2, 0.25) is 0 Å². The molecule has 0 bridgehead atoms. The van der Waals surface area contributed by atoms with Gasteiger partial charge in [0.1, 0.15) is 0 Å². The van der Waals surface area contributed by atoms with Crippen molar-refractivity contribution >= 4 is 29.1 Å². The fourth-order valence-corrected chi connectivity index (χ4v) is 3.53. The topological polar surface area (TPSA) is 29.1 Å². The van der Waals surface area contributed by atoms with Crippen molar-refractivity contribution in [3.8, 4) is 0 Å². The number of carbonyl (C=O) groups excluding carboxylic acids is 1. The minimum Gasteiger partial charge on any atom is -0.352 e. The lowest BCUT2D eigenvalue weighted by molar-refractivity contribution is 0.0953. The third-order valence-electron chi connectivity index (χ3n) is 4.55. The highest BCUT2D eigenvalue weighted by atomic mass is 35.5. The summed E-state index contributed by atoms with van der Waals surface area (Å²) in [5.41, 5.74) is 4.58. The summed E-state index contributed by atoms with van der Waals surface area (Å²) < 4.78 is 0. The summed E-state index contributed by atoms with van der Waals surface area (Å²) in [7, 11) is 0. The van der Waals surface area contributed by atoms with Crippen LogP contribution in [0.4, 0.5) is 0 Å². The SMILES string of the molecule is Cc1ccc(Cl)c(Cc2ccccc2C(=O)NCCc2ccccc2)c1Cl. The largest absolute Gasteiger partial charge is 0.352 e. The van der Waals surface area contributed by atoms with Crippen LogP contribution in [0.3, 0.4) is 0 Å². The molecule has 3 rings (SSSR count). The lowest BCUT2D eigenvalue weighted by Crippen LogP contribution is -2.26. The molecule has 0 aliphatic carbocycles. The first kappa shape index (κ1) is 19.5. The molecule has 4 heteroatoms. The Bertz CT molecular complexity index is 938. The monoisotopic (exact) mass is 397 g/mol. The summed E-state index contributed by atoms with van der Waals surface area (Å²) in [6.45, 7) is 2.54. The predicted molar refractivity (Wildman–Crippen MR) is 113 cm³/mol. The summed E-state index contributed by atoms with van der Waals surface area (Å²) in [5.74, 6) is -0.0820. The zero-order valence-corrected chi connectivity index (χ0v) is 16.6. The van der Waals surface area contributed by atoms with Crippen molar-refractivity contribution in [3.63, 3.8) is 0 Å². The van der Waals surface area contributed by atoms with Gasteiger partial charge in [0, 0.05) is 28.6 Å². The molecule has 0 unspecified atom stereocenters. The first-order valence-corrected chi connectivity index (χ1v) is 9.65. The minimum absolute atomic E-state index is 0.0820. The summed E-state index contributed by atoms with van der Waals surface area (Å²) in [6.07, 6.45) is 1.31. The molecule has 0 radical (unpaired) electrons. The van der Waals surface area contributed by atoms with E-state index in [-0.39, 0.29) is 5.91 Å². The Kier molecular flexibility index (Phi) is 6.54. The molecule has 27 heavy (non-hydrogen) atoms. The van der Waals surface area contributed by atoms with Crippen LogP contribution in [0, 0.1) is 6.92 Å². The molecule has 0 saturated carbocycles. The standard InChI is InChI=1S/C23H21Cl2NO/c1-16-11-12-21(24)20(22(16)25)15-18-9-5-6-10-19(18)23(27)26-14-13-17-7-3-2-4-8-17/h2-12H,13-15H2,1H3,(H,26,27). The van der Waals surface area contributed by atoms with E-state index >= 15 is 0 Å². The van der Waals surface area contributed by atoms with Crippen molar-refractivity contribution in [1.82, 2.24) is 5.32 Å². The molecule has 0 aliphatic heterocycles. The third-order valence-corrected chi connectivity index (χ3v) is 5.43.